The fourth-order valence-corrected chi connectivity index (χ4v) is 5.27. The number of piperidine rings is 1. The quantitative estimate of drug-likeness (QED) is 0.373. The number of thiophene rings is 1. The SMILES string of the molecule is O=CN1CCC(CCCNc2ncc(Cl)c(-c3cc4c(C(=O)O)cccc4s3)n2)CC1. The Morgan fingerprint density at radius 3 is 2.90 bits per heavy atom. The molecule has 1 fully saturated rings. The van der Waals surface area contributed by atoms with Gasteiger partial charge in [0.15, 0.2) is 0 Å². The molecule has 0 spiro atoms. The number of likely N-dealkylation sites (tertiary alicyclic amines) is 1. The number of hydrogen-bond donors (Lipinski definition) is 2. The number of nitrogens with zero attached hydrogens (tertiary/aromatic N) is 3. The number of carbonyl (C=O) groups is 2. The van der Waals surface area contributed by atoms with Crippen LogP contribution in [0, 0.1) is 5.92 Å². The smallest absolute Gasteiger partial charge is 0.336 e. The van der Waals surface area contributed by atoms with E-state index < -0.39 is 5.97 Å². The molecule has 31 heavy (non-hydrogen) atoms. The van der Waals surface area contributed by atoms with Crippen LogP contribution in [0.25, 0.3) is 20.7 Å². The van der Waals surface area contributed by atoms with Crippen LogP contribution >= 0.6 is 22.9 Å². The van der Waals surface area contributed by atoms with Crippen LogP contribution in [0.15, 0.2) is 30.5 Å². The molecule has 162 valence electrons. The summed E-state index contributed by atoms with van der Waals surface area (Å²) in [6, 6.07) is 7.05. The number of fused-ring (bicyclic) bond motifs is 1. The van der Waals surface area contributed by atoms with E-state index in [1.807, 2.05) is 17.0 Å². The van der Waals surface area contributed by atoms with Gasteiger partial charge in [0.1, 0.15) is 5.69 Å². The summed E-state index contributed by atoms with van der Waals surface area (Å²) in [5, 5.41) is 13.8. The molecule has 1 amide bonds. The van der Waals surface area contributed by atoms with Crippen molar-refractivity contribution >= 4 is 51.4 Å². The van der Waals surface area contributed by atoms with Gasteiger partial charge in [0.25, 0.3) is 0 Å². The first-order valence-electron chi connectivity index (χ1n) is 10.3. The molecule has 0 bridgehead atoms. The number of carboxylic acids is 1. The Kier molecular flexibility index (Phi) is 6.67. The zero-order valence-corrected chi connectivity index (χ0v) is 18.5. The largest absolute Gasteiger partial charge is 0.478 e. The number of carboxylic acid groups (broad SMARTS) is 1. The third kappa shape index (κ3) is 4.97. The number of benzene rings is 1. The van der Waals surface area contributed by atoms with Crippen LogP contribution in [-0.4, -0.2) is 52.0 Å². The molecule has 7 nitrogen and oxygen atoms in total. The molecule has 0 aliphatic carbocycles. The van der Waals surface area contributed by atoms with E-state index in [4.69, 9.17) is 11.6 Å². The minimum Gasteiger partial charge on any atom is -0.478 e. The lowest BCUT2D eigenvalue weighted by molar-refractivity contribution is -0.119. The lowest BCUT2D eigenvalue weighted by atomic mass is 9.92. The number of aromatic carboxylic acids is 1. The Morgan fingerprint density at radius 2 is 2.16 bits per heavy atom. The van der Waals surface area contributed by atoms with Crippen LogP contribution < -0.4 is 5.32 Å². The second kappa shape index (κ2) is 9.62. The van der Waals surface area contributed by atoms with Crippen molar-refractivity contribution in [2.75, 3.05) is 25.0 Å². The van der Waals surface area contributed by atoms with Crippen LogP contribution in [-0.2, 0) is 4.79 Å². The highest BCUT2D eigenvalue weighted by Gasteiger charge is 2.18. The topological polar surface area (TPSA) is 95.4 Å². The summed E-state index contributed by atoms with van der Waals surface area (Å²) in [5.74, 6) is 0.204. The molecule has 3 aromatic rings. The number of anilines is 1. The Hall–Kier alpha value is -2.71. The van der Waals surface area contributed by atoms with Crippen molar-refractivity contribution in [1.82, 2.24) is 14.9 Å². The maximum absolute atomic E-state index is 11.5. The Morgan fingerprint density at radius 1 is 1.35 bits per heavy atom. The molecule has 1 saturated heterocycles. The summed E-state index contributed by atoms with van der Waals surface area (Å²) in [6.07, 6.45) is 6.73. The first kappa shape index (κ1) is 21.5. The highest BCUT2D eigenvalue weighted by atomic mass is 35.5. The minimum absolute atomic E-state index is 0.266. The number of nitrogens with one attached hydrogen (secondary N) is 1. The van der Waals surface area contributed by atoms with Crippen molar-refractivity contribution in [2.45, 2.75) is 25.7 Å². The average molecular weight is 459 g/mol. The lowest BCUT2D eigenvalue weighted by Crippen LogP contribution is -2.32. The van der Waals surface area contributed by atoms with Gasteiger partial charge in [0.05, 0.1) is 21.7 Å². The number of halogens is 1. The van der Waals surface area contributed by atoms with Crippen molar-refractivity contribution in [3.63, 3.8) is 0 Å². The standard InChI is InChI=1S/C22H23ClN4O3S/c23-17-12-25-22(24-8-2-3-14-6-9-27(13-28)10-7-14)26-20(17)19-11-16-15(21(29)30)4-1-5-18(16)31-19/h1,4-5,11-14H,2-3,6-10H2,(H,29,30)(H,24,25,26). The molecule has 9 heteroatoms. The molecule has 2 N–H and O–H groups in total. The number of amides is 1. The van der Waals surface area contributed by atoms with Gasteiger partial charge >= 0.3 is 5.97 Å². The second-order valence-electron chi connectivity index (χ2n) is 7.68. The van der Waals surface area contributed by atoms with Crippen molar-refractivity contribution in [3.05, 3.63) is 41.0 Å². The van der Waals surface area contributed by atoms with Crippen LogP contribution in [0.5, 0.6) is 0 Å². The predicted octanol–water partition coefficient (Wildman–Crippen LogP) is 4.77. The van der Waals surface area contributed by atoms with E-state index >= 15 is 0 Å². The zero-order chi connectivity index (χ0) is 21.8. The van der Waals surface area contributed by atoms with E-state index in [0.717, 1.165) is 61.3 Å². The molecule has 0 atom stereocenters. The molecule has 4 rings (SSSR count). The maximum Gasteiger partial charge on any atom is 0.336 e. The van der Waals surface area contributed by atoms with Crippen LogP contribution in [0.2, 0.25) is 5.02 Å². The summed E-state index contributed by atoms with van der Waals surface area (Å²) in [4.78, 5) is 33.8. The number of aromatic nitrogens is 2. The van der Waals surface area contributed by atoms with Gasteiger partial charge in [0.2, 0.25) is 12.4 Å². The van der Waals surface area contributed by atoms with E-state index in [2.05, 4.69) is 15.3 Å². The van der Waals surface area contributed by atoms with Gasteiger partial charge in [-0.15, -0.1) is 11.3 Å². The maximum atomic E-state index is 11.5. The molecule has 0 radical (unpaired) electrons. The molecule has 0 saturated carbocycles. The van der Waals surface area contributed by atoms with E-state index in [1.54, 1.807) is 18.3 Å². The molecular formula is C22H23ClN4O3S. The van der Waals surface area contributed by atoms with Crippen molar-refractivity contribution < 1.29 is 14.7 Å². The van der Waals surface area contributed by atoms with Gasteiger partial charge in [-0.05, 0) is 49.8 Å². The zero-order valence-electron chi connectivity index (χ0n) is 16.9. The summed E-state index contributed by atoms with van der Waals surface area (Å²) in [7, 11) is 0. The first-order chi connectivity index (χ1) is 15.0. The van der Waals surface area contributed by atoms with Gasteiger partial charge in [-0.3, -0.25) is 4.79 Å². The highest BCUT2D eigenvalue weighted by molar-refractivity contribution is 7.22. The van der Waals surface area contributed by atoms with E-state index in [0.29, 0.717) is 28.0 Å². The highest BCUT2D eigenvalue weighted by Crippen LogP contribution is 2.37. The lowest BCUT2D eigenvalue weighted by Gasteiger charge is -2.29. The molecule has 1 aromatic carbocycles. The molecule has 0 unspecified atom stereocenters. The number of hydrogen-bond acceptors (Lipinski definition) is 6. The van der Waals surface area contributed by atoms with Gasteiger partial charge in [-0.25, -0.2) is 14.8 Å². The summed E-state index contributed by atoms with van der Waals surface area (Å²) in [6.45, 7) is 2.46. The molecule has 1 aliphatic rings. The summed E-state index contributed by atoms with van der Waals surface area (Å²) >= 11 is 7.82. The predicted molar refractivity (Wildman–Crippen MR) is 123 cm³/mol. The van der Waals surface area contributed by atoms with Crippen LogP contribution in [0.4, 0.5) is 5.95 Å². The van der Waals surface area contributed by atoms with Crippen LogP contribution in [0.1, 0.15) is 36.0 Å². The molecule has 3 heterocycles. The van der Waals surface area contributed by atoms with Crippen molar-refractivity contribution in [2.24, 2.45) is 5.92 Å². The Bertz CT molecular complexity index is 1100. The summed E-state index contributed by atoms with van der Waals surface area (Å²) < 4.78 is 0.875. The summed E-state index contributed by atoms with van der Waals surface area (Å²) in [5.41, 5.74) is 0.862. The molecule has 1 aliphatic heterocycles. The molecule has 2 aromatic heterocycles. The minimum atomic E-state index is -0.956. The monoisotopic (exact) mass is 458 g/mol. The molecular weight excluding hydrogens is 436 g/mol. The van der Waals surface area contributed by atoms with E-state index in [-0.39, 0.29) is 5.56 Å². The number of rotatable bonds is 8. The Balaban J connectivity index is 1.41. The van der Waals surface area contributed by atoms with Crippen LogP contribution in [0.3, 0.4) is 0 Å². The Labute approximate surface area is 189 Å². The van der Waals surface area contributed by atoms with E-state index in [9.17, 15) is 14.7 Å². The third-order valence-electron chi connectivity index (χ3n) is 5.64. The van der Waals surface area contributed by atoms with Crippen molar-refractivity contribution in [1.29, 1.82) is 0 Å². The van der Waals surface area contributed by atoms with Gasteiger partial charge in [0, 0.05) is 29.7 Å². The van der Waals surface area contributed by atoms with Gasteiger partial charge in [-0.2, -0.15) is 0 Å². The average Bonchev–Trinajstić information content (AvgIpc) is 3.22. The van der Waals surface area contributed by atoms with Gasteiger partial charge < -0.3 is 15.3 Å². The van der Waals surface area contributed by atoms with E-state index in [1.165, 1.54) is 11.3 Å². The second-order valence-corrected chi connectivity index (χ2v) is 9.17. The fraction of sp³-hybridized carbons (Fsp3) is 0.364. The van der Waals surface area contributed by atoms with Crippen molar-refractivity contribution in [3.8, 4) is 10.6 Å². The first-order valence-corrected chi connectivity index (χ1v) is 11.5. The normalized spacial score (nSPS) is 14.7. The number of carbonyl (C=O) groups excluding carboxylic acids is 1. The third-order valence-corrected chi connectivity index (χ3v) is 7.02. The van der Waals surface area contributed by atoms with Gasteiger partial charge in [-0.1, -0.05) is 17.7 Å². The fourth-order valence-electron chi connectivity index (χ4n) is 3.93.